The lowest BCUT2D eigenvalue weighted by molar-refractivity contribution is -0.113. The molecule has 0 unspecified atom stereocenters. The molecule has 2 aromatic rings. The van der Waals surface area contributed by atoms with Gasteiger partial charge < -0.3 is 16.0 Å². The third-order valence-electron chi connectivity index (χ3n) is 4.20. The first-order valence-electron chi connectivity index (χ1n) is 7.97. The van der Waals surface area contributed by atoms with Crippen LogP contribution in [0.1, 0.15) is 24.1 Å². The highest BCUT2D eigenvalue weighted by molar-refractivity contribution is 6.36. The Kier molecular flexibility index (Phi) is 5.20. The number of hydrogen-bond donors (Lipinski definition) is 3. The Morgan fingerprint density at radius 2 is 1.69 bits per heavy atom. The number of urea groups is 1. The zero-order valence-corrected chi connectivity index (χ0v) is 15.7. The summed E-state index contributed by atoms with van der Waals surface area (Å²) in [5, 5.41) is 9.01. The van der Waals surface area contributed by atoms with E-state index < -0.39 is 12.1 Å². The van der Waals surface area contributed by atoms with Crippen LogP contribution in [0, 0.1) is 6.92 Å². The fourth-order valence-corrected chi connectivity index (χ4v) is 3.52. The minimum absolute atomic E-state index is 0.342. The molecule has 3 N–H and O–H groups in total. The number of allylic oxidation sites excluding steroid dienone is 1. The monoisotopic (exact) mass is 389 g/mol. The third-order valence-corrected chi connectivity index (χ3v) is 4.85. The molecule has 2 aromatic carbocycles. The summed E-state index contributed by atoms with van der Waals surface area (Å²) in [4.78, 5) is 25.0. The number of benzene rings is 2. The zero-order chi connectivity index (χ0) is 18.8. The van der Waals surface area contributed by atoms with Crippen LogP contribution in [-0.4, -0.2) is 11.9 Å². The van der Waals surface area contributed by atoms with Crippen molar-refractivity contribution in [3.8, 4) is 0 Å². The van der Waals surface area contributed by atoms with Crippen molar-refractivity contribution in [3.05, 3.63) is 74.9 Å². The van der Waals surface area contributed by atoms with Gasteiger partial charge in [-0.05, 0) is 37.6 Å². The summed E-state index contributed by atoms with van der Waals surface area (Å²) in [6.07, 6.45) is 0. The molecule has 7 heteroatoms. The number of anilines is 1. The molecule has 1 atom stereocenters. The number of nitrogens with one attached hydrogen (secondary N) is 3. The number of halogens is 2. The van der Waals surface area contributed by atoms with Crippen molar-refractivity contribution in [1.82, 2.24) is 10.6 Å². The molecule has 0 spiro atoms. The number of para-hydroxylation sites is 1. The lowest BCUT2D eigenvalue weighted by Gasteiger charge is -2.29. The highest BCUT2D eigenvalue weighted by Crippen LogP contribution is 2.36. The van der Waals surface area contributed by atoms with E-state index in [0.717, 1.165) is 5.56 Å². The van der Waals surface area contributed by atoms with Crippen molar-refractivity contribution in [2.75, 3.05) is 5.32 Å². The van der Waals surface area contributed by atoms with Gasteiger partial charge in [-0.1, -0.05) is 47.5 Å². The number of rotatable bonds is 3. The standard InChI is InChI=1S/C19H17Cl2N3O2/c1-10-6-3-4-9-14(10)23-18(25)15-11(2)22-19(26)24-17(15)16-12(20)7-5-8-13(16)21/h3-9,17H,1-2H3,(H,23,25)(H2,22,24,26)/t17-/m0/s1. The molecule has 0 aromatic heterocycles. The molecule has 0 saturated carbocycles. The van der Waals surface area contributed by atoms with Gasteiger partial charge in [-0.2, -0.15) is 0 Å². The van der Waals surface area contributed by atoms with E-state index in [1.807, 2.05) is 31.2 Å². The fraction of sp³-hybridized carbons (Fsp3) is 0.158. The van der Waals surface area contributed by atoms with Gasteiger partial charge >= 0.3 is 6.03 Å². The van der Waals surface area contributed by atoms with Crippen LogP contribution in [0.25, 0.3) is 0 Å². The Balaban J connectivity index is 2.04. The number of carbonyl (C=O) groups is 2. The molecule has 1 aliphatic heterocycles. The van der Waals surface area contributed by atoms with Gasteiger partial charge in [-0.15, -0.1) is 0 Å². The summed E-state index contributed by atoms with van der Waals surface area (Å²) < 4.78 is 0. The van der Waals surface area contributed by atoms with Crippen LogP contribution in [0.3, 0.4) is 0 Å². The van der Waals surface area contributed by atoms with Gasteiger partial charge in [0.15, 0.2) is 0 Å². The number of hydrogen-bond acceptors (Lipinski definition) is 2. The first kappa shape index (κ1) is 18.3. The van der Waals surface area contributed by atoms with E-state index in [1.165, 1.54) is 0 Å². The first-order valence-corrected chi connectivity index (χ1v) is 8.73. The van der Waals surface area contributed by atoms with Crippen molar-refractivity contribution in [3.63, 3.8) is 0 Å². The smallest absolute Gasteiger partial charge is 0.319 e. The van der Waals surface area contributed by atoms with Gasteiger partial charge in [0.05, 0.1) is 11.6 Å². The van der Waals surface area contributed by atoms with E-state index in [0.29, 0.717) is 32.6 Å². The highest BCUT2D eigenvalue weighted by Gasteiger charge is 2.33. The Hall–Kier alpha value is -2.50. The van der Waals surface area contributed by atoms with E-state index in [2.05, 4.69) is 16.0 Å². The SMILES string of the molecule is CC1=C(C(=O)Nc2ccccc2C)[C@@H](c2c(Cl)cccc2Cl)NC(=O)N1. The van der Waals surface area contributed by atoms with Crippen molar-refractivity contribution in [1.29, 1.82) is 0 Å². The van der Waals surface area contributed by atoms with Crippen LogP contribution in [0.15, 0.2) is 53.7 Å². The maximum Gasteiger partial charge on any atom is 0.319 e. The quantitative estimate of drug-likeness (QED) is 0.719. The molecule has 1 heterocycles. The van der Waals surface area contributed by atoms with Gasteiger partial charge in [-0.25, -0.2) is 4.79 Å². The van der Waals surface area contributed by atoms with Gasteiger partial charge in [0, 0.05) is 27.0 Å². The summed E-state index contributed by atoms with van der Waals surface area (Å²) >= 11 is 12.6. The molecule has 5 nitrogen and oxygen atoms in total. The Morgan fingerprint density at radius 3 is 2.35 bits per heavy atom. The van der Waals surface area contributed by atoms with Crippen molar-refractivity contribution >= 4 is 40.8 Å². The second-order valence-electron chi connectivity index (χ2n) is 5.97. The number of amides is 3. The van der Waals surface area contributed by atoms with Crippen LogP contribution in [0.2, 0.25) is 10.0 Å². The number of aryl methyl sites for hydroxylation is 1. The molecular weight excluding hydrogens is 373 g/mol. The van der Waals surface area contributed by atoms with Crippen LogP contribution in [0.4, 0.5) is 10.5 Å². The Morgan fingerprint density at radius 1 is 1.04 bits per heavy atom. The molecule has 3 amide bonds. The van der Waals surface area contributed by atoms with Crippen LogP contribution in [0.5, 0.6) is 0 Å². The predicted molar refractivity (Wildman–Crippen MR) is 103 cm³/mol. The maximum atomic E-state index is 13.0. The normalized spacial score (nSPS) is 16.8. The Labute approximate surface area is 161 Å². The molecular formula is C19H17Cl2N3O2. The van der Waals surface area contributed by atoms with Crippen molar-refractivity contribution in [2.45, 2.75) is 19.9 Å². The summed E-state index contributed by atoms with van der Waals surface area (Å²) in [5.74, 6) is -0.342. The average molecular weight is 390 g/mol. The van der Waals surface area contributed by atoms with E-state index in [9.17, 15) is 9.59 Å². The molecule has 0 saturated heterocycles. The van der Waals surface area contributed by atoms with Crippen molar-refractivity contribution < 1.29 is 9.59 Å². The largest absolute Gasteiger partial charge is 0.327 e. The first-order chi connectivity index (χ1) is 12.4. The van der Waals surface area contributed by atoms with E-state index in [-0.39, 0.29) is 5.91 Å². The summed E-state index contributed by atoms with van der Waals surface area (Å²) in [6.45, 7) is 3.57. The summed E-state index contributed by atoms with van der Waals surface area (Å²) in [5.41, 5.74) is 2.90. The van der Waals surface area contributed by atoms with Crippen LogP contribution < -0.4 is 16.0 Å². The van der Waals surface area contributed by atoms with E-state index >= 15 is 0 Å². The fourth-order valence-electron chi connectivity index (χ4n) is 2.90. The molecule has 0 aliphatic carbocycles. The Bertz CT molecular complexity index is 905. The minimum atomic E-state index is -0.756. The summed E-state index contributed by atoms with van der Waals surface area (Å²) in [6, 6.07) is 11.3. The molecule has 3 rings (SSSR count). The van der Waals surface area contributed by atoms with E-state index in [1.54, 1.807) is 25.1 Å². The number of carbonyl (C=O) groups excluding carboxylic acids is 2. The molecule has 0 bridgehead atoms. The lowest BCUT2D eigenvalue weighted by Crippen LogP contribution is -2.46. The van der Waals surface area contributed by atoms with Gasteiger partial charge in [-0.3, -0.25) is 4.79 Å². The second-order valence-corrected chi connectivity index (χ2v) is 6.79. The second kappa shape index (κ2) is 7.40. The molecule has 0 radical (unpaired) electrons. The van der Waals surface area contributed by atoms with Crippen LogP contribution >= 0.6 is 23.2 Å². The molecule has 26 heavy (non-hydrogen) atoms. The average Bonchev–Trinajstić information content (AvgIpc) is 2.56. The third kappa shape index (κ3) is 3.54. The van der Waals surface area contributed by atoms with Crippen LogP contribution in [-0.2, 0) is 4.79 Å². The van der Waals surface area contributed by atoms with Gasteiger partial charge in [0.1, 0.15) is 0 Å². The zero-order valence-electron chi connectivity index (χ0n) is 14.2. The molecule has 134 valence electrons. The molecule has 1 aliphatic rings. The highest BCUT2D eigenvalue weighted by atomic mass is 35.5. The van der Waals surface area contributed by atoms with E-state index in [4.69, 9.17) is 23.2 Å². The minimum Gasteiger partial charge on any atom is -0.327 e. The topological polar surface area (TPSA) is 70.2 Å². The molecule has 0 fully saturated rings. The summed E-state index contributed by atoms with van der Waals surface area (Å²) in [7, 11) is 0. The van der Waals surface area contributed by atoms with Gasteiger partial charge in [0.25, 0.3) is 5.91 Å². The van der Waals surface area contributed by atoms with Gasteiger partial charge in [0.2, 0.25) is 0 Å². The predicted octanol–water partition coefficient (Wildman–Crippen LogP) is 4.57. The maximum absolute atomic E-state index is 13.0. The van der Waals surface area contributed by atoms with Crippen molar-refractivity contribution in [2.24, 2.45) is 0 Å². The lowest BCUT2D eigenvalue weighted by atomic mass is 9.94.